The maximum atomic E-state index is 12.3. The van der Waals surface area contributed by atoms with E-state index in [4.69, 9.17) is 16.3 Å². The quantitative estimate of drug-likeness (QED) is 0.854. The van der Waals surface area contributed by atoms with Crippen LogP contribution in [0.2, 0.25) is 5.02 Å². The van der Waals surface area contributed by atoms with E-state index in [-0.39, 0.29) is 18.1 Å². The number of likely N-dealkylation sites (tertiary alicyclic amines) is 1. The molecule has 4 rings (SSSR count). The number of piperidine rings is 1. The van der Waals surface area contributed by atoms with E-state index in [0.29, 0.717) is 16.7 Å². The monoisotopic (exact) mass is 381 g/mol. The first-order valence-electron chi connectivity index (χ1n) is 8.44. The molecule has 2 atom stereocenters. The minimum absolute atomic E-state index is 0.124. The van der Waals surface area contributed by atoms with Crippen LogP contribution in [0.1, 0.15) is 19.3 Å². The van der Waals surface area contributed by atoms with Crippen LogP contribution in [-0.4, -0.2) is 58.8 Å². The zero-order valence-electron chi connectivity index (χ0n) is 13.7. The van der Waals surface area contributed by atoms with Crippen molar-refractivity contribution in [2.75, 3.05) is 31.6 Å². The summed E-state index contributed by atoms with van der Waals surface area (Å²) < 4.78 is 6.73. The lowest BCUT2D eigenvalue weighted by Gasteiger charge is -2.42. The summed E-state index contributed by atoms with van der Waals surface area (Å²) in [6.07, 6.45) is 2.13. The van der Waals surface area contributed by atoms with Crippen LogP contribution in [0.5, 0.6) is 0 Å². The first kappa shape index (κ1) is 17.2. The lowest BCUT2D eigenvalue weighted by molar-refractivity contribution is -0.135. The summed E-state index contributed by atoms with van der Waals surface area (Å²) in [5.74, 6) is -0.124. The van der Waals surface area contributed by atoms with Gasteiger partial charge >= 0.3 is 0 Å². The van der Waals surface area contributed by atoms with Gasteiger partial charge in [0.15, 0.2) is 5.13 Å². The molecule has 1 spiro atoms. The molecule has 8 heteroatoms. The fourth-order valence-corrected chi connectivity index (χ4v) is 4.81. The highest BCUT2D eigenvalue weighted by molar-refractivity contribution is 7.22. The molecule has 0 bridgehead atoms. The molecule has 0 saturated carbocycles. The number of hydrogen-bond acceptors (Lipinski definition) is 6. The third kappa shape index (κ3) is 3.52. The summed E-state index contributed by atoms with van der Waals surface area (Å²) >= 11 is 7.38. The van der Waals surface area contributed by atoms with Crippen LogP contribution in [0.25, 0.3) is 10.2 Å². The zero-order chi connectivity index (χ0) is 17.4. The Morgan fingerprint density at radius 1 is 1.52 bits per heavy atom. The second-order valence-corrected chi connectivity index (χ2v) is 8.16. The van der Waals surface area contributed by atoms with E-state index in [2.05, 4.69) is 10.3 Å². The average Bonchev–Trinajstić information content (AvgIpc) is 3.18. The second kappa shape index (κ2) is 6.81. The molecule has 0 aliphatic carbocycles. The number of aromatic nitrogens is 1. The molecule has 2 N–H and O–H groups in total. The normalized spacial score (nSPS) is 27.2. The number of aliphatic hydroxyl groups is 1. The van der Waals surface area contributed by atoms with Crippen LogP contribution in [0.3, 0.4) is 0 Å². The smallest absolute Gasteiger partial charge is 0.240 e. The maximum Gasteiger partial charge on any atom is 0.240 e. The van der Waals surface area contributed by atoms with E-state index in [0.717, 1.165) is 42.6 Å². The van der Waals surface area contributed by atoms with E-state index < -0.39 is 6.10 Å². The van der Waals surface area contributed by atoms with Gasteiger partial charge in [-0.05, 0) is 37.5 Å². The van der Waals surface area contributed by atoms with Gasteiger partial charge in [-0.25, -0.2) is 4.98 Å². The van der Waals surface area contributed by atoms with Crippen molar-refractivity contribution in [3.05, 3.63) is 23.2 Å². The Hall–Kier alpha value is -1.25. The Bertz CT molecular complexity index is 791. The zero-order valence-corrected chi connectivity index (χ0v) is 15.3. The van der Waals surface area contributed by atoms with Crippen molar-refractivity contribution in [2.24, 2.45) is 0 Å². The van der Waals surface area contributed by atoms with Gasteiger partial charge in [-0.2, -0.15) is 0 Å². The fraction of sp³-hybridized carbons (Fsp3) is 0.529. The number of ether oxygens (including phenoxy) is 1. The van der Waals surface area contributed by atoms with Crippen molar-refractivity contribution in [3.8, 4) is 0 Å². The Morgan fingerprint density at radius 3 is 3.16 bits per heavy atom. The number of hydrogen-bond donors (Lipinski definition) is 2. The average molecular weight is 382 g/mol. The molecule has 0 unspecified atom stereocenters. The van der Waals surface area contributed by atoms with Gasteiger partial charge in [0.1, 0.15) is 0 Å². The molecule has 1 amide bonds. The number of nitrogens with one attached hydrogen (secondary N) is 1. The van der Waals surface area contributed by atoms with Gasteiger partial charge in [0.05, 0.1) is 28.5 Å². The van der Waals surface area contributed by atoms with Crippen molar-refractivity contribution in [1.82, 2.24) is 9.88 Å². The number of thiazole rings is 1. The van der Waals surface area contributed by atoms with Gasteiger partial charge in [0.2, 0.25) is 5.91 Å². The number of β-amino-alcohol motifs (C(OH)–C–C–N with tert-alkyl or cyclic N) is 1. The van der Waals surface area contributed by atoms with Crippen molar-refractivity contribution >= 4 is 44.2 Å². The van der Waals surface area contributed by atoms with Crippen LogP contribution >= 0.6 is 22.9 Å². The lowest BCUT2D eigenvalue weighted by atomic mass is 9.86. The minimum atomic E-state index is -0.541. The number of fused-ring (bicyclic) bond motifs is 1. The number of aliphatic hydroxyl groups excluding tert-OH is 1. The number of anilines is 1. The molecule has 2 saturated heterocycles. The third-order valence-corrected chi connectivity index (χ3v) is 6.16. The minimum Gasteiger partial charge on any atom is -0.389 e. The standard InChI is InChI=1S/C17H20ClN3O3S/c18-11-2-3-12-13(8-11)25-16(19-12)20-15(23)10-21-6-5-17(14(22)9-21)4-1-7-24-17/h2-3,8,14,22H,1,4-7,9-10H2,(H,19,20,23)/t14-,17-/m0/s1. The number of nitrogens with zero attached hydrogens (tertiary/aromatic N) is 2. The molecule has 6 nitrogen and oxygen atoms in total. The van der Waals surface area contributed by atoms with Gasteiger partial charge in [0, 0.05) is 24.7 Å². The number of rotatable bonds is 3. The number of benzene rings is 1. The number of amides is 1. The van der Waals surface area contributed by atoms with E-state index in [9.17, 15) is 9.90 Å². The first-order valence-corrected chi connectivity index (χ1v) is 9.64. The predicted molar refractivity (Wildman–Crippen MR) is 98.2 cm³/mol. The molecule has 1 aromatic heterocycles. The summed E-state index contributed by atoms with van der Waals surface area (Å²) in [6.45, 7) is 2.17. The van der Waals surface area contributed by atoms with E-state index >= 15 is 0 Å². The molecule has 1 aromatic carbocycles. The Kier molecular flexibility index (Phi) is 4.68. The van der Waals surface area contributed by atoms with Crippen LogP contribution < -0.4 is 5.32 Å². The predicted octanol–water partition coefficient (Wildman–Crippen LogP) is 2.50. The van der Waals surface area contributed by atoms with Gasteiger partial charge in [0.25, 0.3) is 0 Å². The molecule has 25 heavy (non-hydrogen) atoms. The summed E-state index contributed by atoms with van der Waals surface area (Å²) in [4.78, 5) is 18.7. The fourth-order valence-electron chi connectivity index (χ4n) is 3.65. The van der Waals surface area contributed by atoms with E-state index in [1.807, 2.05) is 17.0 Å². The first-order chi connectivity index (χ1) is 12.0. The molecule has 0 radical (unpaired) electrons. The maximum absolute atomic E-state index is 12.3. The highest BCUT2D eigenvalue weighted by Gasteiger charge is 2.45. The molecule has 134 valence electrons. The summed E-state index contributed by atoms with van der Waals surface area (Å²) in [6, 6.07) is 5.46. The largest absolute Gasteiger partial charge is 0.389 e. The summed E-state index contributed by atoms with van der Waals surface area (Å²) in [5.41, 5.74) is 0.428. The second-order valence-electron chi connectivity index (χ2n) is 6.70. The van der Waals surface area contributed by atoms with Crippen molar-refractivity contribution < 1.29 is 14.6 Å². The SMILES string of the molecule is O=C(CN1CC[C@@]2(CCCO2)[C@@H](O)C1)Nc1nc2ccc(Cl)cc2s1. The van der Waals surface area contributed by atoms with Gasteiger partial charge in [-0.15, -0.1) is 0 Å². The summed E-state index contributed by atoms with van der Waals surface area (Å²) in [7, 11) is 0. The Balaban J connectivity index is 1.35. The highest BCUT2D eigenvalue weighted by atomic mass is 35.5. The highest BCUT2D eigenvalue weighted by Crippen LogP contribution is 2.36. The molecular weight excluding hydrogens is 362 g/mol. The van der Waals surface area contributed by atoms with E-state index in [1.54, 1.807) is 6.07 Å². The van der Waals surface area contributed by atoms with Crippen LogP contribution in [-0.2, 0) is 9.53 Å². The van der Waals surface area contributed by atoms with Crippen LogP contribution in [0, 0.1) is 0 Å². The number of carbonyl (C=O) groups is 1. The van der Waals surface area contributed by atoms with Gasteiger partial charge < -0.3 is 15.2 Å². The lowest BCUT2D eigenvalue weighted by Crippen LogP contribution is -2.56. The Morgan fingerprint density at radius 2 is 2.40 bits per heavy atom. The third-order valence-electron chi connectivity index (χ3n) is 4.99. The van der Waals surface area contributed by atoms with Crippen molar-refractivity contribution in [1.29, 1.82) is 0 Å². The number of carbonyl (C=O) groups excluding carboxylic acids is 1. The number of halogens is 1. The topological polar surface area (TPSA) is 74.7 Å². The van der Waals surface area contributed by atoms with Crippen molar-refractivity contribution in [2.45, 2.75) is 31.0 Å². The van der Waals surface area contributed by atoms with Crippen molar-refractivity contribution in [3.63, 3.8) is 0 Å². The van der Waals surface area contributed by atoms with Crippen LogP contribution in [0.15, 0.2) is 18.2 Å². The van der Waals surface area contributed by atoms with Crippen LogP contribution in [0.4, 0.5) is 5.13 Å². The molecule has 2 fully saturated rings. The molecule has 2 aromatic rings. The summed E-state index contributed by atoms with van der Waals surface area (Å²) in [5, 5.41) is 14.5. The van der Waals surface area contributed by atoms with Gasteiger partial charge in [-0.1, -0.05) is 22.9 Å². The van der Waals surface area contributed by atoms with Gasteiger partial charge in [-0.3, -0.25) is 9.69 Å². The van der Waals surface area contributed by atoms with E-state index in [1.165, 1.54) is 11.3 Å². The Labute approximate surface area is 154 Å². The molecule has 2 aliphatic heterocycles. The molecule has 2 aliphatic rings. The molecule has 3 heterocycles. The molecular formula is C17H20ClN3O3S.